The molecule has 164 valence electrons. The van der Waals surface area contributed by atoms with Crippen LogP contribution in [0.4, 0.5) is 0 Å². The van der Waals surface area contributed by atoms with Crippen molar-refractivity contribution < 1.29 is 4.79 Å². The van der Waals surface area contributed by atoms with Crippen molar-refractivity contribution in [2.24, 2.45) is 0 Å². The lowest BCUT2D eigenvalue weighted by atomic mass is 9.92. The zero-order valence-electron chi connectivity index (χ0n) is 18.0. The molecular weight excluding hydrogens is 422 g/mol. The monoisotopic (exact) mass is 447 g/mol. The van der Waals surface area contributed by atoms with Crippen LogP contribution in [-0.4, -0.2) is 31.7 Å². The van der Waals surface area contributed by atoms with Gasteiger partial charge in [0.05, 0.1) is 22.7 Å². The number of para-hydroxylation sites is 1. The Morgan fingerprint density at radius 3 is 2.69 bits per heavy atom. The third kappa shape index (κ3) is 4.68. The van der Waals surface area contributed by atoms with Crippen molar-refractivity contribution in [1.29, 1.82) is 5.26 Å². The highest BCUT2D eigenvalue weighted by molar-refractivity contribution is 7.99. The Balaban J connectivity index is 1.64. The fourth-order valence-corrected chi connectivity index (χ4v) is 4.88. The van der Waals surface area contributed by atoms with Crippen LogP contribution < -0.4 is 10.9 Å². The molecule has 1 aromatic carbocycles. The molecule has 0 radical (unpaired) electrons. The molecule has 1 aliphatic carbocycles. The van der Waals surface area contributed by atoms with Crippen molar-refractivity contribution in [3.8, 4) is 11.9 Å². The van der Waals surface area contributed by atoms with Crippen molar-refractivity contribution >= 4 is 28.6 Å². The van der Waals surface area contributed by atoms with Crippen LogP contribution in [0.2, 0.25) is 0 Å². The molecule has 1 N–H and O–H groups in total. The highest BCUT2D eigenvalue weighted by Gasteiger charge is 2.32. The van der Waals surface area contributed by atoms with Crippen LogP contribution in [0, 0.1) is 18.3 Å². The summed E-state index contributed by atoms with van der Waals surface area (Å²) in [6.45, 7) is 1.93. The van der Waals surface area contributed by atoms with Crippen molar-refractivity contribution in [3.63, 3.8) is 0 Å². The summed E-state index contributed by atoms with van der Waals surface area (Å²) in [5.74, 6) is 0.290. The van der Waals surface area contributed by atoms with E-state index in [1.165, 1.54) is 16.3 Å². The molecule has 4 rings (SSSR count). The number of hydrogen-bond acceptors (Lipinski definition) is 6. The number of fused-ring (bicyclic) bond motifs is 1. The summed E-state index contributed by atoms with van der Waals surface area (Å²) in [6, 6.07) is 13.2. The van der Waals surface area contributed by atoms with Gasteiger partial charge in [0.25, 0.3) is 5.56 Å². The highest BCUT2D eigenvalue weighted by Crippen LogP contribution is 2.27. The Bertz CT molecular complexity index is 1240. The topological polar surface area (TPSA) is 101 Å². The number of rotatable bonds is 5. The molecule has 2 aromatic heterocycles. The third-order valence-corrected chi connectivity index (χ3v) is 6.70. The van der Waals surface area contributed by atoms with Gasteiger partial charge < -0.3 is 5.32 Å². The van der Waals surface area contributed by atoms with Crippen molar-refractivity contribution in [2.75, 3.05) is 5.75 Å². The molecule has 0 aliphatic heterocycles. The highest BCUT2D eigenvalue weighted by atomic mass is 32.2. The van der Waals surface area contributed by atoms with Gasteiger partial charge in [-0.2, -0.15) is 5.26 Å². The molecule has 8 heteroatoms. The first-order valence-electron chi connectivity index (χ1n) is 10.8. The minimum Gasteiger partial charge on any atom is -0.337 e. The molecule has 0 saturated heterocycles. The number of thioether (sulfide) groups is 1. The Morgan fingerprint density at radius 2 is 1.97 bits per heavy atom. The average Bonchev–Trinajstić information content (AvgIpc) is 3.04. The molecule has 7 nitrogen and oxygen atoms in total. The number of aryl methyl sites for hydroxylation is 1. The van der Waals surface area contributed by atoms with E-state index in [-0.39, 0.29) is 17.2 Å². The molecule has 2 heterocycles. The minimum atomic E-state index is -0.803. The van der Waals surface area contributed by atoms with Crippen LogP contribution in [0.1, 0.15) is 44.1 Å². The number of carbonyl (C=O) groups excluding carboxylic acids is 1. The maximum Gasteiger partial charge on any atom is 0.267 e. The number of nitriles is 1. The number of pyridine rings is 1. The smallest absolute Gasteiger partial charge is 0.267 e. The van der Waals surface area contributed by atoms with E-state index in [2.05, 4.69) is 21.4 Å². The number of nitrogens with zero attached hydrogens (tertiary/aromatic N) is 4. The molecule has 0 unspecified atom stereocenters. The summed E-state index contributed by atoms with van der Waals surface area (Å²) in [5, 5.41) is 13.6. The lowest BCUT2D eigenvalue weighted by molar-refractivity contribution is -0.120. The van der Waals surface area contributed by atoms with E-state index >= 15 is 0 Å². The molecule has 1 amide bonds. The maximum absolute atomic E-state index is 13.3. The summed E-state index contributed by atoms with van der Waals surface area (Å²) in [6.07, 6.45) is 7.04. The van der Waals surface area contributed by atoms with E-state index in [4.69, 9.17) is 0 Å². The number of amides is 1. The van der Waals surface area contributed by atoms with Crippen LogP contribution in [-0.2, 0) is 4.79 Å². The first-order chi connectivity index (χ1) is 15.5. The standard InChI is InChI=1S/C24H25N5O2S/c1-17-10-13-26-20(14-17)29-22(31)18-8-4-5-9-19(18)27-23(29)32-15-21(30)28-24(16-25)11-6-2-3-7-12-24/h4-5,8-10,13-14H,2-3,6-7,11-12,15H2,1H3,(H,28,30). The summed E-state index contributed by atoms with van der Waals surface area (Å²) in [7, 11) is 0. The van der Waals surface area contributed by atoms with Crippen LogP contribution in [0.3, 0.4) is 0 Å². The van der Waals surface area contributed by atoms with Crippen molar-refractivity contribution in [3.05, 3.63) is 58.5 Å². The lowest BCUT2D eigenvalue weighted by Gasteiger charge is -2.26. The molecule has 0 atom stereocenters. The zero-order chi connectivity index (χ0) is 22.6. The predicted molar refractivity (Wildman–Crippen MR) is 125 cm³/mol. The van der Waals surface area contributed by atoms with E-state index in [1.807, 2.05) is 25.1 Å². The maximum atomic E-state index is 13.3. The number of benzene rings is 1. The van der Waals surface area contributed by atoms with Gasteiger partial charge in [-0.3, -0.25) is 9.59 Å². The first kappa shape index (κ1) is 22.0. The van der Waals surface area contributed by atoms with E-state index in [0.717, 1.165) is 31.2 Å². The Kier molecular flexibility index (Phi) is 6.56. The third-order valence-electron chi connectivity index (χ3n) is 5.76. The van der Waals surface area contributed by atoms with Gasteiger partial charge in [0.2, 0.25) is 5.91 Å². The van der Waals surface area contributed by atoms with Crippen LogP contribution in [0.25, 0.3) is 16.7 Å². The second-order valence-corrected chi connectivity index (χ2v) is 9.13. The average molecular weight is 448 g/mol. The van der Waals surface area contributed by atoms with E-state index in [1.54, 1.807) is 24.4 Å². The fraction of sp³-hybridized carbons (Fsp3) is 0.375. The molecule has 1 saturated carbocycles. The van der Waals surface area contributed by atoms with Gasteiger partial charge in [0, 0.05) is 6.20 Å². The molecule has 1 aliphatic rings. The van der Waals surface area contributed by atoms with Crippen LogP contribution in [0.5, 0.6) is 0 Å². The molecule has 3 aromatic rings. The van der Waals surface area contributed by atoms with E-state index in [9.17, 15) is 14.9 Å². The molecule has 1 fully saturated rings. The summed E-state index contributed by atoms with van der Waals surface area (Å²) < 4.78 is 1.46. The van der Waals surface area contributed by atoms with E-state index in [0.29, 0.717) is 34.7 Å². The fourth-order valence-electron chi connectivity index (χ4n) is 4.08. The summed E-state index contributed by atoms with van der Waals surface area (Å²) in [5.41, 5.74) is 0.506. The first-order valence-corrected chi connectivity index (χ1v) is 11.8. The predicted octanol–water partition coefficient (Wildman–Crippen LogP) is 3.91. The Hall–Kier alpha value is -3.18. The quantitative estimate of drug-likeness (QED) is 0.361. The second-order valence-electron chi connectivity index (χ2n) is 8.19. The minimum absolute atomic E-state index is 0.0556. The number of hydrogen-bond donors (Lipinski definition) is 1. The van der Waals surface area contributed by atoms with Gasteiger partial charge in [-0.25, -0.2) is 14.5 Å². The summed E-state index contributed by atoms with van der Waals surface area (Å²) >= 11 is 1.18. The van der Waals surface area contributed by atoms with Gasteiger partial charge >= 0.3 is 0 Å². The SMILES string of the molecule is Cc1ccnc(-n2c(SCC(=O)NC3(C#N)CCCCCC3)nc3ccccc3c2=O)c1. The Morgan fingerprint density at radius 1 is 1.22 bits per heavy atom. The van der Waals surface area contributed by atoms with Gasteiger partial charge in [-0.05, 0) is 49.6 Å². The molecule has 0 bridgehead atoms. The Labute approximate surface area is 190 Å². The van der Waals surface area contributed by atoms with Gasteiger partial charge in [-0.15, -0.1) is 0 Å². The zero-order valence-corrected chi connectivity index (χ0v) is 18.8. The molecule has 0 spiro atoms. The number of carbonyl (C=O) groups is 1. The number of nitrogens with one attached hydrogen (secondary N) is 1. The van der Waals surface area contributed by atoms with Gasteiger partial charge in [0.15, 0.2) is 5.16 Å². The van der Waals surface area contributed by atoms with Crippen molar-refractivity contribution in [1.82, 2.24) is 19.9 Å². The van der Waals surface area contributed by atoms with Crippen LogP contribution in [0.15, 0.2) is 52.5 Å². The van der Waals surface area contributed by atoms with Crippen molar-refractivity contribution in [2.45, 2.75) is 56.1 Å². The summed E-state index contributed by atoms with van der Waals surface area (Å²) in [4.78, 5) is 35.1. The van der Waals surface area contributed by atoms with E-state index < -0.39 is 5.54 Å². The number of aromatic nitrogens is 3. The largest absolute Gasteiger partial charge is 0.337 e. The molecular formula is C24H25N5O2S. The van der Waals surface area contributed by atoms with Gasteiger partial charge in [0.1, 0.15) is 11.4 Å². The van der Waals surface area contributed by atoms with Crippen LogP contribution >= 0.6 is 11.8 Å². The molecule has 32 heavy (non-hydrogen) atoms. The second kappa shape index (κ2) is 9.53. The lowest BCUT2D eigenvalue weighted by Crippen LogP contribution is -2.47. The normalized spacial score (nSPS) is 15.6. The van der Waals surface area contributed by atoms with Gasteiger partial charge in [-0.1, -0.05) is 49.6 Å².